The summed E-state index contributed by atoms with van der Waals surface area (Å²) in [6, 6.07) is 9.35. The van der Waals surface area contributed by atoms with Crippen LogP contribution >= 0.6 is 11.6 Å². The molecule has 1 heterocycles. The first-order chi connectivity index (χ1) is 13.8. The Bertz CT molecular complexity index is 1030. The zero-order valence-electron chi connectivity index (χ0n) is 16.4. The average Bonchev–Trinajstić information content (AvgIpc) is 3.22. The molecule has 0 aliphatic carbocycles. The average molecular weight is 439 g/mol. The van der Waals surface area contributed by atoms with Gasteiger partial charge >= 0.3 is 0 Å². The summed E-state index contributed by atoms with van der Waals surface area (Å²) in [5, 5.41) is 0.202. The summed E-state index contributed by atoms with van der Waals surface area (Å²) in [6.07, 6.45) is 1.56. The molecule has 0 bridgehead atoms. The van der Waals surface area contributed by atoms with E-state index in [1.165, 1.54) is 25.2 Å². The minimum absolute atomic E-state index is 0.0116. The fourth-order valence-electron chi connectivity index (χ4n) is 3.54. The Morgan fingerprint density at radius 3 is 2.59 bits per heavy atom. The third kappa shape index (κ3) is 4.19. The van der Waals surface area contributed by atoms with Crippen LogP contribution in [0, 0.1) is 0 Å². The number of methoxy groups -OCH3 is 2. The molecule has 0 radical (unpaired) electrons. The van der Waals surface area contributed by atoms with Gasteiger partial charge in [-0.05, 0) is 56.3 Å². The molecule has 1 unspecified atom stereocenters. The number of benzene rings is 2. The largest absolute Gasteiger partial charge is 0.497 e. The first-order valence-electron chi connectivity index (χ1n) is 9.08. The van der Waals surface area contributed by atoms with Gasteiger partial charge in [0.15, 0.2) is 0 Å². The van der Waals surface area contributed by atoms with Crippen molar-refractivity contribution in [3.8, 4) is 11.5 Å². The monoisotopic (exact) mass is 438 g/mol. The van der Waals surface area contributed by atoms with E-state index in [9.17, 15) is 13.2 Å². The van der Waals surface area contributed by atoms with Crippen molar-refractivity contribution in [2.75, 3.05) is 27.8 Å². The molecule has 1 aliphatic heterocycles. The summed E-state index contributed by atoms with van der Waals surface area (Å²) in [7, 11) is 0.779. The standard InChI is InChI=1S/C20H23ClN2O5S/c1-22-29(25,26)14-7-8-17(21)15(12-14)20(24)23-10-4-5-18(23)16-11-13(27-2)6-9-19(16)28-3/h6-9,11-12,18,22H,4-5,10H2,1-3H3. The van der Waals surface area contributed by atoms with E-state index < -0.39 is 10.0 Å². The van der Waals surface area contributed by atoms with Crippen LogP contribution in [0.2, 0.25) is 5.02 Å². The number of sulfonamides is 1. The quantitative estimate of drug-likeness (QED) is 0.748. The number of amides is 1. The summed E-state index contributed by atoms with van der Waals surface area (Å²) < 4.78 is 37.3. The molecular weight excluding hydrogens is 416 g/mol. The molecular formula is C20H23ClN2O5S. The molecule has 0 saturated carbocycles. The molecule has 1 fully saturated rings. The highest BCUT2D eigenvalue weighted by atomic mass is 35.5. The van der Waals surface area contributed by atoms with Gasteiger partial charge in [0, 0.05) is 12.1 Å². The molecule has 0 spiro atoms. The molecule has 3 rings (SSSR count). The van der Waals surface area contributed by atoms with Gasteiger partial charge in [-0.2, -0.15) is 0 Å². The number of hydrogen-bond donors (Lipinski definition) is 1. The molecule has 1 amide bonds. The van der Waals surface area contributed by atoms with E-state index in [0.29, 0.717) is 18.0 Å². The summed E-state index contributed by atoms with van der Waals surface area (Å²) in [5.41, 5.74) is 0.990. The summed E-state index contributed by atoms with van der Waals surface area (Å²) in [4.78, 5) is 15.0. The van der Waals surface area contributed by atoms with Crippen LogP contribution in [0.1, 0.15) is 34.8 Å². The lowest BCUT2D eigenvalue weighted by Gasteiger charge is -2.27. The second-order valence-corrected chi connectivity index (χ2v) is 8.91. The molecule has 29 heavy (non-hydrogen) atoms. The minimum atomic E-state index is -3.70. The zero-order valence-corrected chi connectivity index (χ0v) is 18.0. The molecule has 7 nitrogen and oxygen atoms in total. The lowest BCUT2D eigenvalue weighted by molar-refractivity contribution is 0.0734. The first-order valence-corrected chi connectivity index (χ1v) is 10.9. The van der Waals surface area contributed by atoms with Crippen molar-refractivity contribution in [1.82, 2.24) is 9.62 Å². The van der Waals surface area contributed by atoms with Crippen molar-refractivity contribution in [2.45, 2.75) is 23.8 Å². The lowest BCUT2D eigenvalue weighted by atomic mass is 10.0. The van der Waals surface area contributed by atoms with Crippen LogP contribution in [-0.4, -0.2) is 47.0 Å². The van der Waals surface area contributed by atoms with E-state index in [1.807, 2.05) is 12.1 Å². The second kappa shape index (κ2) is 8.61. The number of carbonyl (C=O) groups is 1. The van der Waals surface area contributed by atoms with Crippen molar-refractivity contribution in [2.24, 2.45) is 0 Å². The maximum atomic E-state index is 13.3. The Kier molecular flexibility index (Phi) is 6.36. The smallest absolute Gasteiger partial charge is 0.255 e. The zero-order chi connectivity index (χ0) is 21.2. The molecule has 1 saturated heterocycles. The van der Waals surface area contributed by atoms with Gasteiger partial charge in [-0.25, -0.2) is 13.1 Å². The van der Waals surface area contributed by atoms with Crippen molar-refractivity contribution >= 4 is 27.5 Å². The third-order valence-corrected chi connectivity index (χ3v) is 6.80. The van der Waals surface area contributed by atoms with E-state index in [1.54, 1.807) is 25.2 Å². The van der Waals surface area contributed by atoms with Crippen molar-refractivity contribution in [3.63, 3.8) is 0 Å². The van der Waals surface area contributed by atoms with Crippen LogP contribution in [0.5, 0.6) is 11.5 Å². The first kappa shape index (κ1) is 21.4. The SMILES string of the molecule is CNS(=O)(=O)c1ccc(Cl)c(C(=O)N2CCCC2c2cc(OC)ccc2OC)c1. The van der Waals surface area contributed by atoms with Gasteiger partial charge in [0.25, 0.3) is 5.91 Å². The number of ether oxygens (including phenoxy) is 2. The van der Waals surface area contributed by atoms with Gasteiger partial charge in [-0.1, -0.05) is 11.6 Å². The highest BCUT2D eigenvalue weighted by Gasteiger charge is 2.34. The normalized spacial score (nSPS) is 16.7. The van der Waals surface area contributed by atoms with E-state index in [4.69, 9.17) is 21.1 Å². The minimum Gasteiger partial charge on any atom is -0.497 e. The van der Waals surface area contributed by atoms with Crippen LogP contribution in [0.25, 0.3) is 0 Å². The number of rotatable bonds is 6. The predicted octanol–water partition coefficient (Wildman–Crippen LogP) is 3.24. The van der Waals surface area contributed by atoms with Crippen LogP contribution < -0.4 is 14.2 Å². The Balaban J connectivity index is 2.01. The maximum Gasteiger partial charge on any atom is 0.255 e. The Morgan fingerprint density at radius 2 is 1.93 bits per heavy atom. The summed E-state index contributed by atoms with van der Waals surface area (Å²) in [5.74, 6) is 1.00. The number of halogens is 1. The van der Waals surface area contributed by atoms with E-state index in [2.05, 4.69) is 4.72 Å². The Morgan fingerprint density at radius 1 is 1.17 bits per heavy atom. The molecule has 9 heteroatoms. The maximum absolute atomic E-state index is 13.3. The van der Waals surface area contributed by atoms with Gasteiger partial charge in [0.2, 0.25) is 10.0 Å². The van der Waals surface area contributed by atoms with E-state index in [0.717, 1.165) is 18.4 Å². The molecule has 1 atom stereocenters. The number of likely N-dealkylation sites (tertiary alicyclic amines) is 1. The third-order valence-electron chi connectivity index (χ3n) is 5.06. The lowest BCUT2D eigenvalue weighted by Crippen LogP contribution is -2.31. The number of hydrogen-bond acceptors (Lipinski definition) is 5. The predicted molar refractivity (Wildman–Crippen MR) is 110 cm³/mol. The summed E-state index contributed by atoms with van der Waals surface area (Å²) in [6.45, 7) is 0.531. The van der Waals surface area contributed by atoms with Gasteiger partial charge in [0.05, 0.1) is 35.7 Å². The van der Waals surface area contributed by atoms with Crippen LogP contribution in [0.3, 0.4) is 0 Å². The number of nitrogens with one attached hydrogen (secondary N) is 1. The summed E-state index contributed by atoms with van der Waals surface area (Å²) >= 11 is 6.26. The number of nitrogens with zero attached hydrogens (tertiary/aromatic N) is 1. The molecule has 1 N–H and O–H groups in total. The van der Waals surface area contributed by atoms with Gasteiger partial charge in [0.1, 0.15) is 11.5 Å². The van der Waals surface area contributed by atoms with E-state index >= 15 is 0 Å². The second-order valence-electron chi connectivity index (χ2n) is 6.61. The Hall–Kier alpha value is -2.29. The fraction of sp³-hybridized carbons (Fsp3) is 0.350. The highest BCUT2D eigenvalue weighted by molar-refractivity contribution is 7.89. The van der Waals surface area contributed by atoms with Gasteiger partial charge < -0.3 is 14.4 Å². The molecule has 156 valence electrons. The van der Waals surface area contributed by atoms with E-state index in [-0.39, 0.29) is 27.4 Å². The number of carbonyl (C=O) groups excluding carboxylic acids is 1. The highest BCUT2D eigenvalue weighted by Crippen LogP contribution is 2.40. The van der Waals surface area contributed by atoms with Crippen LogP contribution in [0.15, 0.2) is 41.3 Å². The van der Waals surface area contributed by atoms with Crippen molar-refractivity contribution in [3.05, 3.63) is 52.5 Å². The molecule has 1 aliphatic rings. The van der Waals surface area contributed by atoms with Crippen LogP contribution in [-0.2, 0) is 10.0 Å². The Labute approximate surface area is 175 Å². The van der Waals surface area contributed by atoms with Gasteiger partial charge in [-0.3, -0.25) is 4.79 Å². The van der Waals surface area contributed by atoms with Crippen LogP contribution in [0.4, 0.5) is 0 Å². The molecule has 2 aromatic carbocycles. The molecule has 2 aromatic rings. The van der Waals surface area contributed by atoms with Gasteiger partial charge in [-0.15, -0.1) is 0 Å². The fourth-order valence-corrected chi connectivity index (χ4v) is 4.50. The van der Waals surface area contributed by atoms with Crippen molar-refractivity contribution in [1.29, 1.82) is 0 Å². The topological polar surface area (TPSA) is 84.9 Å². The molecule has 0 aromatic heterocycles. The van der Waals surface area contributed by atoms with Crippen molar-refractivity contribution < 1.29 is 22.7 Å².